The Bertz CT molecular complexity index is 1080. The summed E-state index contributed by atoms with van der Waals surface area (Å²) in [7, 11) is 0. The number of amidine groups is 1. The molecule has 2 heterocycles. The summed E-state index contributed by atoms with van der Waals surface area (Å²) in [6.45, 7) is -1.25. The molecule has 1 aromatic heterocycles. The molecule has 0 unspecified atom stereocenters. The van der Waals surface area contributed by atoms with Crippen LogP contribution in [0.25, 0.3) is 0 Å². The Kier molecular flexibility index (Phi) is 5.29. The third kappa shape index (κ3) is 3.49. The minimum absolute atomic E-state index is 0.00499. The number of nitrogens with two attached hydrogens (primary N) is 1. The van der Waals surface area contributed by atoms with E-state index in [-0.39, 0.29) is 37.9 Å². The van der Waals surface area contributed by atoms with E-state index in [0.29, 0.717) is 0 Å². The van der Waals surface area contributed by atoms with Crippen LogP contribution in [0.5, 0.6) is 0 Å². The second-order valence-electron chi connectivity index (χ2n) is 7.28. The lowest BCUT2D eigenvalue weighted by atomic mass is 9.84. The standard InChI is InChI=1S/C18H15Cl2F4N5O2/c1-6-11-13(6)31-17(25)27-18(11,15(21)22)8-4-7(2-3-9(8)19)26-14(30)12-10(20)5-29(28-12)16(23)24/h2-6,11,13,15-16H,1H3,(H2,25,27)(H,26,30)/t6-,11+,13-,18-/m0/s1. The summed E-state index contributed by atoms with van der Waals surface area (Å²) in [6, 6.07) is 3.55. The molecule has 1 aliphatic carbocycles. The van der Waals surface area contributed by atoms with E-state index < -0.39 is 42.1 Å². The maximum absolute atomic E-state index is 14.4. The van der Waals surface area contributed by atoms with Crippen LogP contribution in [-0.2, 0) is 10.3 Å². The fourth-order valence-corrected chi connectivity index (χ4v) is 4.45. The molecule has 13 heteroatoms. The molecule has 2 aromatic rings. The lowest BCUT2D eigenvalue weighted by molar-refractivity contribution is 0.0189. The molecule has 0 bridgehead atoms. The summed E-state index contributed by atoms with van der Waals surface area (Å²) in [6.07, 6.45) is -2.70. The van der Waals surface area contributed by atoms with Gasteiger partial charge in [0.15, 0.2) is 11.2 Å². The Morgan fingerprint density at radius 2 is 2.00 bits per heavy atom. The summed E-state index contributed by atoms with van der Waals surface area (Å²) in [5.74, 6) is -1.82. The second kappa shape index (κ2) is 7.56. The number of nitrogens with zero attached hydrogens (tertiary/aromatic N) is 3. The minimum atomic E-state index is -2.99. The van der Waals surface area contributed by atoms with E-state index in [2.05, 4.69) is 15.4 Å². The monoisotopic (exact) mass is 479 g/mol. The predicted molar refractivity (Wildman–Crippen MR) is 105 cm³/mol. The minimum Gasteiger partial charge on any atom is -0.461 e. The van der Waals surface area contributed by atoms with E-state index in [1.54, 1.807) is 6.92 Å². The van der Waals surface area contributed by atoms with Crippen LogP contribution in [0.1, 0.15) is 29.5 Å². The molecular formula is C18H15Cl2F4N5O2. The highest BCUT2D eigenvalue weighted by Gasteiger charge is 2.68. The van der Waals surface area contributed by atoms with Crippen molar-refractivity contribution in [3.05, 3.63) is 45.7 Å². The van der Waals surface area contributed by atoms with Crippen LogP contribution < -0.4 is 11.1 Å². The zero-order chi connectivity index (χ0) is 22.7. The average molecular weight is 480 g/mol. The van der Waals surface area contributed by atoms with Crippen molar-refractivity contribution in [3.8, 4) is 0 Å². The van der Waals surface area contributed by atoms with Crippen molar-refractivity contribution in [1.29, 1.82) is 0 Å². The van der Waals surface area contributed by atoms with Crippen LogP contribution in [0.2, 0.25) is 10.0 Å². The first-order valence-corrected chi connectivity index (χ1v) is 9.76. The largest absolute Gasteiger partial charge is 0.461 e. The van der Waals surface area contributed by atoms with E-state index in [9.17, 15) is 22.4 Å². The zero-order valence-electron chi connectivity index (χ0n) is 15.7. The first-order valence-electron chi connectivity index (χ1n) is 9.00. The first kappa shape index (κ1) is 21.7. The van der Waals surface area contributed by atoms with Crippen molar-refractivity contribution in [2.45, 2.75) is 31.5 Å². The number of ether oxygens (including phenoxy) is 1. The maximum atomic E-state index is 14.4. The number of aliphatic imine (C=N–C) groups is 1. The zero-order valence-corrected chi connectivity index (χ0v) is 17.2. The summed E-state index contributed by atoms with van der Waals surface area (Å²) in [5, 5.41) is 5.54. The maximum Gasteiger partial charge on any atom is 0.333 e. The van der Waals surface area contributed by atoms with Gasteiger partial charge in [0.2, 0.25) is 0 Å². The molecule has 1 aromatic carbocycles. The molecule has 4 atom stereocenters. The third-order valence-corrected chi connectivity index (χ3v) is 6.05. The van der Waals surface area contributed by atoms with Gasteiger partial charge >= 0.3 is 6.55 Å². The Balaban J connectivity index is 1.71. The number of aromatic nitrogens is 2. The predicted octanol–water partition coefficient (Wildman–Crippen LogP) is 4.28. The number of benzene rings is 1. The van der Waals surface area contributed by atoms with Gasteiger partial charge in [0.05, 0.1) is 11.2 Å². The van der Waals surface area contributed by atoms with Crippen molar-refractivity contribution in [2.24, 2.45) is 22.6 Å². The molecule has 1 aliphatic heterocycles. The van der Waals surface area contributed by atoms with Gasteiger partial charge < -0.3 is 15.8 Å². The average Bonchev–Trinajstić information content (AvgIpc) is 3.16. The van der Waals surface area contributed by atoms with Gasteiger partial charge in [-0.2, -0.15) is 13.9 Å². The number of amides is 1. The molecule has 0 saturated heterocycles. The number of alkyl halides is 4. The topological polar surface area (TPSA) is 94.5 Å². The number of rotatable bonds is 5. The number of hydrogen-bond donors (Lipinski definition) is 2. The fourth-order valence-electron chi connectivity index (χ4n) is 3.96. The van der Waals surface area contributed by atoms with Gasteiger partial charge in [-0.05, 0) is 18.2 Å². The Morgan fingerprint density at radius 3 is 2.61 bits per heavy atom. The summed E-state index contributed by atoms with van der Waals surface area (Å²) >= 11 is 12.0. The molecule has 4 rings (SSSR count). The summed E-state index contributed by atoms with van der Waals surface area (Å²) < 4.78 is 59.9. The SMILES string of the molecule is C[C@@H]1[C@@H]2OC(N)=N[C@](c3cc(NC(=O)c4nn(C(F)F)cc4Cl)ccc3Cl)(C(F)F)[C@H]12. The van der Waals surface area contributed by atoms with Crippen LogP contribution in [0.15, 0.2) is 29.4 Å². The van der Waals surface area contributed by atoms with Crippen molar-refractivity contribution < 1.29 is 27.1 Å². The van der Waals surface area contributed by atoms with Gasteiger partial charge in [-0.1, -0.05) is 30.1 Å². The van der Waals surface area contributed by atoms with E-state index in [4.69, 9.17) is 33.7 Å². The molecule has 31 heavy (non-hydrogen) atoms. The molecule has 1 amide bonds. The van der Waals surface area contributed by atoms with Crippen molar-refractivity contribution in [3.63, 3.8) is 0 Å². The molecular weight excluding hydrogens is 465 g/mol. The van der Waals surface area contributed by atoms with Gasteiger partial charge in [-0.25, -0.2) is 18.5 Å². The number of hydrogen-bond acceptors (Lipinski definition) is 5. The van der Waals surface area contributed by atoms with Crippen molar-refractivity contribution in [2.75, 3.05) is 5.32 Å². The number of halogens is 6. The second-order valence-corrected chi connectivity index (χ2v) is 8.09. The summed E-state index contributed by atoms with van der Waals surface area (Å²) in [5.41, 5.74) is 3.16. The Labute approximate surface area is 183 Å². The number of nitrogens with one attached hydrogen (secondary N) is 1. The highest BCUT2D eigenvalue weighted by atomic mass is 35.5. The van der Waals surface area contributed by atoms with Crippen LogP contribution in [-0.4, -0.2) is 34.2 Å². The van der Waals surface area contributed by atoms with Crippen LogP contribution in [0.3, 0.4) is 0 Å². The molecule has 1 saturated carbocycles. The van der Waals surface area contributed by atoms with Crippen LogP contribution in [0, 0.1) is 11.8 Å². The van der Waals surface area contributed by atoms with E-state index in [0.717, 1.165) is 6.20 Å². The van der Waals surface area contributed by atoms with E-state index >= 15 is 0 Å². The number of carbonyl (C=O) groups is 1. The molecule has 7 nitrogen and oxygen atoms in total. The third-order valence-electron chi connectivity index (χ3n) is 5.45. The lowest BCUT2D eigenvalue weighted by Crippen LogP contribution is -2.43. The molecule has 166 valence electrons. The highest BCUT2D eigenvalue weighted by Crippen LogP contribution is 2.60. The molecule has 0 radical (unpaired) electrons. The molecule has 2 aliphatic rings. The van der Waals surface area contributed by atoms with Crippen molar-refractivity contribution in [1.82, 2.24) is 9.78 Å². The Hall–Kier alpha value is -2.53. The highest BCUT2D eigenvalue weighted by molar-refractivity contribution is 6.34. The van der Waals surface area contributed by atoms with Crippen LogP contribution >= 0.6 is 23.2 Å². The number of carbonyl (C=O) groups excluding carboxylic acids is 1. The lowest BCUT2D eigenvalue weighted by Gasteiger charge is -2.33. The number of anilines is 1. The smallest absolute Gasteiger partial charge is 0.333 e. The van der Waals surface area contributed by atoms with E-state index in [1.165, 1.54) is 18.2 Å². The molecule has 3 N–H and O–H groups in total. The number of fused-ring (bicyclic) bond motifs is 1. The van der Waals surface area contributed by atoms with Crippen molar-refractivity contribution >= 4 is 40.8 Å². The van der Waals surface area contributed by atoms with Crippen LogP contribution in [0.4, 0.5) is 23.2 Å². The Morgan fingerprint density at radius 1 is 1.29 bits per heavy atom. The quantitative estimate of drug-likeness (QED) is 0.625. The first-order chi connectivity index (χ1) is 14.6. The normalized spacial score (nSPS) is 27.0. The summed E-state index contributed by atoms with van der Waals surface area (Å²) in [4.78, 5) is 16.4. The van der Waals surface area contributed by atoms with Gasteiger partial charge in [0.25, 0.3) is 18.4 Å². The van der Waals surface area contributed by atoms with Gasteiger partial charge in [-0.3, -0.25) is 4.79 Å². The van der Waals surface area contributed by atoms with Gasteiger partial charge in [0, 0.05) is 28.1 Å². The van der Waals surface area contributed by atoms with Gasteiger partial charge in [0.1, 0.15) is 6.10 Å². The van der Waals surface area contributed by atoms with Gasteiger partial charge in [-0.15, -0.1) is 0 Å². The van der Waals surface area contributed by atoms with E-state index in [1.807, 2.05) is 0 Å². The fraction of sp³-hybridized carbons (Fsp3) is 0.389. The molecule has 0 spiro atoms. The molecule has 1 fully saturated rings.